The fourth-order valence-electron chi connectivity index (χ4n) is 2.78. The van der Waals surface area contributed by atoms with Crippen LogP contribution in [0.3, 0.4) is 0 Å². The number of carbonyl (C=O) groups excluding carboxylic acids is 1. The molecule has 0 radical (unpaired) electrons. The van der Waals surface area contributed by atoms with Gasteiger partial charge in [0, 0.05) is 12.7 Å². The molecule has 1 aliphatic rings. The minimum absolute atomic E-state index is 0.0211. The van der Waals surface area contributed by atoms with Crippen molar-refractivity contribution in [2.75, 3.05) is 18.4 Å². The van der Waals surface area contributed by atoms with E-state index in [9.17, 15) is 4.79 Å². The van der Waals surface area contributed by atoms with Crippen molar-refractivity contribution >= 4 is 11.7 Å². The molecule has 0 bridgehead atoms. The number of aromatic nitrogens is 3. The van der Waals surface area contributed by atoms with E-state index >= 15 is 0 Å². The molecule has 0 spiro atoms. The van der Waals surface area contributed by atoms with Gasteiger partial charge in [-0.2, -0.15) is 4.98 Å². The van der Waals surface area contributed by atoms with Crippen molar-refractivity contribution in [1.82, 2.24) is 20.0 Å². The fraction of sp³-hybridized carbons (Fsp3) is 0.500. The molecule has 2 aromatic heterocycles. The van der Waals surface area contributed by atoms with Crippen molar-refractivity contribution in [3.05, 3.63) is 35.6 Å². The summed E-state index contributed by atoms with van der Waals surface area (Å²) in [5.74, 6) is 1.81. The Bertz CT molecular complexity index is 667. The van der Waals surface area contributed by atoms with Crippen LogP contribution in [-0.2, 0) is 11.3 Å². The molecule has 3 rings (SSSR count). The van der Waals surface area contributed by atoms with Gasteiger partial charge in [-0.25, -0.2) is 4.98 Å². The monoisotopic (exact) mass is 315 g/mol. The van der Waals surface area contributed by atoms with Crippen LogP contribution in [0.5, 0.6) is 0 Å². The van der Waals surface area contributed by atoms with Crippen molar-refractivity contribution in [1.29, 1.82) is 0 Å². The lowest BCUT2D eigenvalue weighted by molar-refractivity contribution is -0.121. The quantitative estimate of drug-likeness (QED) is 0.928. The lowest BCUT2D eigenvalue weighted by Crippen LogP contribution is -2.40. The molecule has 3 heterocycles. The molecule has 1 amide bonds. The van der Waals surface area contributed by atoms with E-state index in [2.05, 4.69) is 25.3 Å². The van der Waals surface area contributed by atoms with Gasteiger partial charge in [0.1, 0.15) is 5.82 Å². The van der Waals surface area contributed by atoms with E-state index in [0.717, 1.165) is 24.9 Å². The van der Waals surface area contributed by atoms with Gasteiger partial charge in [0.25, 0.3) is 0 Å². The summed E-state index contributed by atoms with van der Waals surface area (Å²) in [6.07, 6.45) is 3.62. The third kappa shape index (κ3) is 4.13. The van der Waals surface area contributed by atoms with Gasteiger partial charge in [-0.15, -0.1) is 0 Å². The summed E-state index contributed by atoms with van der Waals surface area (Å²) in [4.78, 5) is 23.1. The molecule has 0 aromatic carbocycles. The molecular formula is C16H21N5O2. The Morgan fingerprint density at radius 1 is 1.43 bits per heavy atom. The van der Waals surface area contributed by atoms with Crippen molar-refractivity contribution in [3.63, 3.8) is 0 Å². The second-order valence-electron chi connectivity index (χ2n) is 6.02. The van der Waals surface area contributed by atoms with Crippen molar-refractivity contribution < 1.29 is 9.32 Å². The van der Waals surface area contributed by atoms with Gasteiger partial charge in [0.2, 0.25) is 11.8 Å². The second-order valence-corrected chi connectivity index (χ2v) is 6.02. The molecule has 0 aliphatic carbocycles. The molecule has 1 aliphatic heterocycles. The molecular weight excluding hydrogens is 294 g/mol. The third-order valence-electron chi connectivity index (χ3n) is 3.97. The van der Waals surface area contributed by atoms with E-state index < -0.39 is 0 Å². The van der Waals surface area contributed by atoms with E-state index in [0.29, 0.717) is 30.6 Å². The van der Waals surface area contributed by atoms with Crippen LogP contribution < -0.4 is 5.32 Å². The van der Waals surface area contributed by atoms with Crippen LogP contribution in [0.4, 0.5) is 5.82 Å². The molecule has 0 saturated carbocycles. The number of piperidine rings is 1. The predicted octanol–water partition coefficient (Wildman–Crippen LogP) is 1.93. The van der Waals surface area contributed by atoms with Crippen LogP contribution in [0.15, 0.2) is 22.9 Å². The van der Waals surface area contributed by atoms with Crippen LogP contribution >= 0.6 is 0 Å². The smallest absolute Gasteiger partial charge is 0.240 e. The Morgan fingerprint density at radius 3 is 3.00 bits per heavy atom. The third-order valence-corrected chi connectivity index (χ3v) is 3.97. The first-order valence-corrected chi connectivity index (χ1v) is 7.85. The number of nitrogens with zero attached hydrogens (tertiary/aromatic N) is 4. The van der Waals surface area contributed by atoms with Crippen LogP contribution in [0.25, 0.3) is 0 Å². The summed E-state index contributed by atoms with van der Waals surface area (Å²) in [5, 5.41) is 6.70. The Balaban J connectivity index is 1.56. The molecule has 1 atom stereocenters. The minimum atomic E-state index is -0.0455. The van der Waals surface area contributed by atoms with Crippen LogP contribution in [0.1, 0.15) is 30.1 Å². The number of aryl methyl sites for hydroxylation is 2. The summed E-state index contributed by atoms with van der Waals surface area (Å²) in [7, 11) is 0. The van der Waals surface area contributed by atoms with Crippen molar-refractivity contribution in [2.45, 2.75) is 33.2 Å². The number of hydrogen-bond acceptors (Lipinski definition) is 6. The molecule has 7 nitrogen and oxygen atoms in total. The number of pyridine rings is 1. The second kappa shape index (κ2) is 6.87. The summed E-state index contributed by atoms with van der Waals surface area (Å²) < 4.78 is 5.16. The van der Waals surface area contributed by atoms with E-state index in [4.69, 9.17) is 4.52 Å². The summed E-state index contributed by atoms with van der Waals surface area (Å²) in [5.41, 5.74) is 1.07. The maximum atomic E-state index is 12.4. The standard InChI is InChI=1S/C16H21N5O2/c1-11-5-6-14(17-8-11)19-16(22)13-4-3-7-21(9-13)10-15-18-12(2)20-23-15/h5-6,8,13H,3-4,7,9-10H2,1-2H3,(H,17,19,22). The molecule has 2 aromatic rings. The molecule has 7 heteroatoms. The van der Waals surface area contributed by atoms with Crippen LogP contribution in [-0.4, -0.2) is 39.0 Å². The largest absolute Gasteiger partial charge is 0.338 e. The lowest BCUT2D eigenvalue weighted by Gasteiger charge is -2.30. The minimum Gasteiger partial charge on any atom is -0.338 e. The molecule has 1 fully saturated rings. The average molecular weight is 315 g/mol. The number of hydrogen-bond donors (Lipinski definition) is 1. The van der Waals surface area contributed by atoms with Crippen LogP contribution in [0.2, 0.25) is 0 Å². The SMILES string of the molecule is Cc1ccc(NC(=O)C2CCCN(Cc3nc(C)no3)C2)nc1. The topological polar surface area (TPSA) is 84.2 Å². The average Bonchev–Trinajstić information content (AvgIpc) is 2.95. The first kappa shape index (κ1) is 15.6. The zero-order valence-electron chi connectivity index (χ0n) is 13.5. The van der Waals surface area contributed by atoms with E-state index in [1.807, 2.05) is 19.1 Å². The fourth-order valence-corrected chi connectivity index (χ4v) is 2.78. The number of rotatable bonds is 4. The highest BCUT2D eigenvalue weighted by atomic mass is 16.5. The molecule has 23 heavy (non-hydrogen) atoms. The van der Waals surface area contributed by atoms with E-state index in [1.165, 1.54) is 0 Å². The number of likely N-dealkylation sites (tertiary alicyclic amines) is 1. The van der Waals surface area contributed by atoms with Crippen molar-refractivity contribution in [2.24, 2.45) is 5.92 Å². The van der Waals surface area contributed by atoms with Gasteiger partial charge in [0.15, 0.2) is 5.82 Å². The Labute approximate surface area is 135 Å². The van der Waals surface area contributed by atoms with Gasteiger partial charge in [-0.05, 0) is 44.9 Å². The van der Waals surface area contributed by atoms with Gasteiger partial charge in [-0.1, -0.05) is 11.2 Å². The normalized spacial score (nSPS) is 18.8. The van der Waals surface area contributed by atoms with Crippen LogP contribution in [0, 0.1) is 19.8 Å². The van der Waals surface area contributed by atoms with Gasteiger partial charge in [0.05, 0.1) is 12.5 Å². The van der Waals surface area contributed by atoms with E-state index in [-0.39, 0.29) is 11.8 Å². The zero-order chi connectivity index (χ0) is 16.2. The highest BCUT2D eigenvalue weighted by Crippen LogP contribution is 2.19. The Kier molecular flexibility index (Phi) is 4.66. The maximum Gasteiger partial charge on any atom is 0.240 e. The lowest BCUT2D eigenvalue weighted by atomic mass is 9.97. The Hall–Kier alpha value is -2.28. The number of anilines is 1. The number of carbonyl (C=O) groups is 1. The molecule has 1 N–H and O–H groups in total. The molecule has 122 valence electrons. The number of amides is 1. The predicted molar refractivity (Wildman–Crippen MR) is 84.6 cm³/mol. The van der Waals surface area contributed by atoms with E-state index in [1.54, 1.807) is 13.1 Å². The first-order valence-electron chi connectivity index (χ1n) is 7.85. The zero-order valence-corrected chi connectivity index (χ0v) is 13.5. The summed E-state index contributed by atoms with van der Waals surface area (Å²) >= 11 is 0. The summed E-state index contributed by atoms with van der Waals surface area (Å²) in [6.45, 7) is 5.99. The molecule has 1 saturated heterocycles. The first-order chi connectivity index (χ1) is 11.1. The highest BCUT2D eigenvalue weighted by molar-refractivity contribution is 5.91. The van der Waals surface area contributed by atoms with Gasteiger partial charge in [-0.3, -0.25) is 9.69 Å². The maximum absolute atomic E-state index is 12.4. The molecule has 1 unspecified atom stereocenters. The summed E-state index contributed by atoms with van der Waals surface area (Å²) in [6, 6.07) is 3.77. The Morgan fingerprint density at radius 2 is 2.30 bits per heavy atom. The highest BCUT2D eigenvalue weighted by Gasteiger charge is 2.27. The van der Waals surface area contributed by atoms with Gasteiger partial charge < -0.3 is 9.84 Å². The van der Waals surface area contributed by atoms with Gasteiger partial charge >= 0.3 is 0 Å². The number of nitrogens with one attached hydrogen (secondary N) is 1. The van der Waals surface area contributed by atoms with Crippen molar-refractivity contribution in [3.8, 4) is 0 Å².